The molecule has 1 saturated carbocycles. The molecule has 1 aromatic rings. The summed E-state index contributed by atoms with van der Waals surface area (Å²) in [6, 6.07) is 1.88. The molecule has 0 aromatic heterocycles. The molecule has 0 bridgehead atoms. The van der Waals surface area contributed by atoms with Gasteiger partial charge in [0.15, 0.2) is 11.5 Å². The van der Waals surface area contributed by atoms with Crippen LogP contribution in [0.2, 0.25) is 0 Å². The second-order valence-corrected chi connectivity index (χ2v) is 6.19. The van der Waals surface area contributed by atoms with Gasteiger partial charge in [-0.05, 0) is 52.4 Å². The van der Waals surface area contributed by atoms with Crippen LogP contribution in [0.3, 0.4) is 0 Å². The summed E-state index contributed by atoms with van der Waals surface area (Å²) >= 11 is 3.57. The molecular formula is C15H17BrO4. The molecule has 0 unspecified atom stereocenters. The molecule has 0 radical (unpaired) electrons. The summed E-state index contributed by atoms with van der Waals surface area (Å²) in [5.74, 6) is 0.621. The number of carbonyl (C=O) groups is 1. The van der Waals surface area contributed by atoms with Crippen LogP contribution in [-0.4, -0.2) is 17.9 Å². The van der Waals surface area contributed by atoms with Gasteiger partial charge in [-0.2, -0.15) is 0 Å². The molecule has 20 heavy (non-hydrogen) atoms. The molecule has 2 aliphatic rings. The lowest BCUT2D eigenvalue weighted by Crippen LogP contribution is -2.33. The van der Waals surface area contributed by atoms with Crippen molar-refractivity contribution in [1.29, 1.82) is 0 Å². The van der Waals surface area contributed by atoms with Crippen molar-refractivity contribution < 1.29 is 19.4 Å². The van der Waals surface area contributed by atoms with Crippen LogP contribution in [-0.2, 0) is 16.6 Å². The average molecular weight is 341 g/mol. The van der Waals surface area contributed by atoms with E-state index in [4.69, 9.17) is 9.47 Å². The molecule has 1 aromatic carbocycles. The summed E-state index contributed by atoms with van der Waals surface area (Å²) in [6.45, 7) is 2.23. The van der Waals surface area contributed by atoms with Crippen LogP contribution in [0.5, 0.6) is 11.5 Å². The fourth-order valence-corrected chi connectivity index (χ4v) is 4.19. The Morgan fingerprint density at radius 2 is 2.10 bits per heavy atom. The van der Waals surface area contributed by atoms with Crippen LogP contribution < -0.4 is 9.47 Å². The minimum Gasteiger partial charge on any atom is -0.481 e. The van der Waals surface area contributed by atoms with Gasteiger partial charge in [0.1, 0.15) is 0 Å². The highest BCUT2D eigenvalue weighted by Gasteiger charge is 2.45. The highest BCUT2D eigenvalue weighted by atomic mass is 79.9. The minimum absolute atomic E-state index is 0.195. The average Bonchev–Trinajstić information content (AvgIpc) is 3.08. The molecule has 5 heteroatoms. The molecule has 0 amide bonds. The number of aliphatic carboxylic acids is 1. The monoisotopic (exact) mass is 340 g/mol. The third-order valence-electron chi connectivity index (χ3n) is 4.44. The van der Waals surface area contributed by atoms with Gasteiger partial charge in [-0.25, -0.2) is 0 Å². The Balaban J connectivity index is 2.22. The number of carboxylic acid groups (broad SMARTS) is 1. The van der Waals surface area contributed by atoms with Gasteiger partial charge in [-0.15, -0.1) is 0 Å². The highest BCUT2D eigenvalue weighted by Crippen LogP contribution is 2.50. The predicted molar refractivity (Wildman–Crippen MR) is 77.4 cm³/mol. The summed E-state index contributed by atoms with van der Waals surface area (Å²) < 4.78 is 11.8. The zero-order valence-corrected chi connectivity index (χ0v) is 13.0. The Hall–Kier alpha value is -1.23. The van der Waals surface area contributed by atoms with Gasteiger partial charge >= 0.3 is 5.97 Å². The lowest BCUT2D eigenvalue weighted by Gasteiger charge is -2.28. The fraction of sp³-hybridized carbons (Fsp3) is 0.533. The van der Waals surface area contributed by atoms with Gasteiger partial charge in [0.25, 0.3) is 0 Å². The van der Waals surface area contributed by atoms with Gasteiger partial charge in [-0.3, -0.25) is 4.79 Å². The maximum absolute atomic E-state index is 11.9. The van der Waals surface area contributed by atoms with Crippen molar-refractivity contribution in [3.8, 4) is 11.5 Å². The van der Waals surface area contributed by atoms with Gasteiger partial charge in [0.05, 0.1) is 9.89 Å². The number of hydrogen-bond donors (Lipinski definition) is 1. The lowest BCUT2D eigenvalue weighted by molar-refractivity contribution is -0.143. The van der Waals surface area contributed by atoms with Crippen molar-refractivity contribution in [2.45, 2.75) is 44.4 Å². The Bertz CT molecular complexity index is 561. The number of benzene rings is 1. The molecule has 1 aliphatic heterocycles. The van der Waals surface area contributed by atoms with E-state index in [-0.39, 0.29) is 6.79 Å². The second-order valence-electron chi connectivity index (χ2n) is 5.40. The van der Waals surface area contributed by atoms with E-state index in [2.05, 4.69) is 15.9 Å². The molecule has 0 atom stereocenters. The SMILES string of the molecule is CCc1c(C2(C(=O)O)CCCC2)cc2c(c1Br)OCO2. The largest absolute Gasteiger partial charge is 0.481 e. The number of carboxylic acids is 1. The molecular weight excluding hydrogens is 324 g/mol. The van der Waals surface area contributed by atoms with Crippen molar-refractivity contribution in [2.24, 2.45) is 0 Å². The maximum atomic E-state index is 11.9. The summed E-state index contributed by atoms with van der Waals surface area (Å²) in [4.78, 5) is 11.9. The molecule has 0 spiro atoms. The first-order valence-corrected chi connectivity index (χ1v) is 7.74. The van der Waals surface area contributed by atoms with Crippen LogP contribution in [0.1, 0.15) is 43.7 Å². The maximum Gasteiger partial charge on any atom is 0.314 e. The van der Waals surface area contributed by atoms with E-state index in [9.17, 15) is 9.90 Å². The van der Waals surface area contributed by atoms with Crippen LogP contribution in [0, 0.1) is 0 Å². The topological polar surface area (TPSA) is 55.8 Å². The first-order valence-electron chi connectivity index (χ1n) is 6.95. The molecule has 0 saturated heterocycles. The Kier molecular flexibility index (Phi) is 3.40. The van der Waals surface area contributed by atoms with E-state index in [1.165, 1.54) is 0 Å². The molecule has 1 N–H and O–H groups in total. The third kappa shape index (κ3) is 1.83. The first-order chi connectivity index (χ1) is 9.60. The number of rotatable bonds is 3. The van der Waals surface area contributed by atoms with Gasteiger partial charge in [0, 0.05) is 0 Å². The van der Waals surface area contributed by atoms with Crippen molar-refractivity contribution in [1.82, 2.24) is 0 Å². The zero-order chi connectivity index (χ0) is 14.3. The third-order valence-corrected chi connectivity index (χ3v) is 5.28. The Morgan fingerprint density at radius 3 is 2.70 bits per heavy atom. The Labute approximate surface area is 126 Å². The quantitative estimate of drug-likeness (QED) is 0.912. The number of halogens is 1. The zero-order valence-electron chi connectivity index (χ0n) is 11.4. The number of ether oxygens (including phenoxy) is 2. The lowest BCUT2D eigenvalue weighted by atomic mass is 9.76. The molecule has 1 aliphatic carbocycles. The molecule has 1 fully saturated rings. The first kappa shape index (κ1) is 13.7. The van der Waals surface area contributed by atoms with Gasteiger partial charge < -0.3 is 14.6 Å². The predicted octanol–water partition coefficient (Wildman–Crippen LogP) is 3.64. The normalized spacial score (nSPS) is 19.3. The number of hydrogen-bond acceptors (Lipinski definition) is 3. The highest BCUT2D eigenvalue weighted by molar-refractivity contribution is 9.10. The molecule has 4 nitrogen and oxygen atoms in total. The van der Waals surface area contributed by atoms with Gasteiger partial charge in [-0.1, -0.05) is 19.8 Å². The van der Waals surface area contributed by atoms with Crippen molar-refractivity contribution in [3.63, 3.8) is 0 Å². The standard InChI is InChI=1S/C15H17BrO4/c1-2-9-10(15(14(17)18)5-3-4-6-15)7-11-13(12(9)16)20-8-19-11/h7H,2-6,8H2,1H3,(H,17,18). The van der Waals surface area contributed by atoms with Crippen LogP contribution in [0.15, 0.2) is 10.5 Å². The van der Waals surface area contributed by atoms with Crippen molar-refractivity contribution >= 4 is 21.9 Å². The van der Waals surface area contributed by atoms with Crippen LogP contribution in [0.25, 0.3) is 0 Å². The molecule has 1 heterocycles. The van der Waals surface area contributed by atoms with Crippen molar-refractivity contribution in [3.05, 3.63) is 21.7 Å². The van der Waals surface area contributed by atoms with Crippen molar-refractivity contribution in [2.75, 3.05) is 6.79 Å². The molecule has 3 rings (SSSR count). The van der Waals surface area contributed by atoms with Crippen LogP contribution >= 0.6 is 15.9 Å². The summed E-state index contributed by atoms with van der Waals surface area (Å²) in [5.41, 5.74) is 1.15. The smallest absolute Gasteiger partial charge is 0.314 e. The minimum atomic E-state index is -0.769. The van der Waals surface area contributed by atoms with E-state index in [1.807, 2.05) is 13.0 Å². The second kappa shape index (κ2) is 4.95. The van der Waals surface area contributed by atoms with E-state index in [0.29, 0.717) is 24.3 Å². The van der Waals surface area contributed by atoms with E-state index in [1.54, 1.807) is 0 Å². The fourth-order valence-electron chi connectivity index (χ4n) is 3.39. The molecule has 108 valence electrons. The summed E-state index contributed by atoms with van der Waals surface area (Å²) in [6.07, 6.45) is 4.08. The number of fused-ring (bicyclic) bond motifs is 1. The van der Waals surface area contributed by atoms with Crippen LogP contribution in [0.4, 0.5) is 0 Å². The van der Waals surface area contributed by atoms with E-state index in [0.717, 1.165) is 34.9 Å². The van der Waals surface area contributed by atoms with E-state index >= 15 is 0 Å². The Morgan fingerprint density at radius 1 is 1.40 bits per heavy atom. The summed E-state index contributed by atoms with van der Waals surface area (Å²) in [7, 11) is 0. The van der Waals surface area contributed by atoms with E-state index < -0.39 is 11.4 Å². The van der Waals surface area contributed by atoms with Gasteiger partial charge in [0.2, 0.25) is 6.79 Å². The summed E-state index contributed by atoms with van der Waals surface area (Å²) in [5, 5.41) is 9.79.